The number of nitrogens with zero attached hydrogens (tertiary/aromatic N) is 2. The van der Waals surface area contributed by atoms with Crippen molar-refractivity contribution in [2.45, 2.75) is 13.0 Å². The number of aliphatic carboxylic acids is 1. The molecule has 0 bridgehead atoms. The Morgan fingerprint density at radius 2 is 2.10 bits per heavy atom. The van der Waals surface area contributed by atoms with Crippen LogP contribution in [0.25, 0.3) is 10.6 Å². The zero-order chi connectivity index (χ0) is 15.2. The van der Waals surface area contributed by atoms with E-state index in [9.17, 15) is 4.79 Å². The summed E-state index contributed by atoms with van der Waals surface area (Å²) >= 11 is 1.62. The first kappa shape index (κ1) is 15.6. The second kappa shape index (κ2) is 7.31. The first-order chi connectivity index (χ1) is 10.1. The molecule has 0 fully saturated rings. The van der Waals surface area contributed by atoms with Crippen LogP contribution in [0.5, 0.6) is 0 Å². The maximum Gasteiger partial charge on any atom is 0.317 e. The summed E-state index contributed by atoms with van der Waals surface area (Å²) in [4.78, 5) is 17.0. The minimum absolute atomic E-state index is 0.0384. The molecule has 1 aromatic heterocycles. The number of likely N-dealkylation sites (N-methyl/N-ethyl adjacent to an activating group) is 1. The van der Waals surface area contributed by atoms with Crippen LogP contribution < -0.4 is 5.73 Å². The molecule has 0 amide bonds. The average molecular weight is 305 g/mol. The van der Waals surface area contributed by atoms with Crippen LogP contribution in [-0.4, -0.2) is 41.1 Å². The number of carboxylic acid groups (broad SMARTS) is 1. The lowest BCUT2D eigenvalue weighted by Crippen LogP contribution is -2.25. The number of hydrogen-bond donors (Lipinski definition) is 2. The highest BCUT2D eigenvalue weighted by atomic mass is 32.1. The molecule has 0 atom stereocenters. The van der Waals surface area contributed by atoms with Crippen molar-refractivity contribution in [3.05, 3.63) is 40.9 Å². The van der Waals surface area contributed by atoms with E-state index in [1.54, 1.807) is 23.3 Å². The third-order valence-electron chi connectivity index (χ3n) is 3.01. The van der Waals surface area contributed by atoms with Crippen molar-refractivity contribution in [2.75, 3.05) is 20.1 Å². The van der Waals surface area contributed by atoms with E-state index >= 15 is 0 Å². The Balaban J connectivity index is 2.02. The Morgan fingerprint density at radius 1 is 1.38 bits per heavy atom. The largest absolute Gasteiger partial charge is 0.480 e. The Bertz CT molecular complexity index is 595. The van der Waals surface area contributed by atoms with E-state index in [-0.39, 0.29) is 6.54 Å². The molecule has 0 aliphatic rings. The van der Waals surface area contributed by atoms with Crippen LogP contribution >= 0.6 is 11.3 Å². The molecule has 2 rings (SSSR count). The molecule has 0 aliphatic heterocycles. The number of nitrogens with two attached hydrogens (primary N) is 1. The van der Waals surface area contributed by atoms with Crippen LogP contribution in [0.3, 0.4) is 0 Å². The number of aromatic nitrogens is 1. The van der Waals surface area contributed by atoms with Crippen molar-refractivity contribution < 1.29 is 9.90 Å². The summed E-state index contributed by atoms with van der Waals surface area (Å²) in [6.45, 7) is 1.26. The van der Waals surface area contributed by atoms with Crippen molar-refractivity contribution in [1.29, 1.82) is 0 Å². The van der Waals surface area contributed by atoms with Gasteiger partial charge in [0.25, 0.3) is 0 Å². The van der Waals surface area contributed by atoms with Gasteiger partial charge in [0.05, 0.1) is 12.2 Å². The molecule has 0 unspecified atom stereocenters. The van der Waals surface area contributed by atoms with Gasteiger partial charge < -0.3 is 10.8 Å². The molecule has 0 aliphatic carbocycles. The molecular formula is C15H19N3O2S. The Labute approximate surface area is 128 Å². The van der Waals surface area contributed by atoms with Crippen LogP contribution in [0.4, 0.5) is 0 Å². The quantitative estimate of drug-likeness (QED) is 0.816. The fourth-order valence-corrected chi connectivity index (χ4v) is 2.91. The molecule has 0 radical (unpaired) electrons. The summed E-state index contributed by atoms with van der Waals surface area (Å²) in [6, 6.07) is 8.07. The van der Waals surface area contributed by atoms with Crippen LogP contribution in [-0.2, 0) is 17.8 Å². The smallest absolute Gasteiger partial charge is 0.317 e. The second-order valence-corrected chi connectivity index (χ2v) is 5.80. The minimum atomic E-state index is -0.815. The molecular weight excluding hydrogens is 286 g/mol. The van der Waals surface area contributed by atoms with Crippen molar-refractivity contribution >= 4 is 17.3 Å². The van der Waals surface area contributed by atoms with E-state index in [4.69, 9.17) is 10.8 Å². The summed E-state index contributed by atoms with van der Waals surface area (Å²) in [6.07, 6.45) is 0.800. The second-order valence-electron chi connectivity index (χ2n) is 4.95. The molecule has 0 spiro atoms. The molecule has 6 heteroatoms. The fourth-order valence-electron chi connectivity index (χ4n) is 2.05. The lowest BCUT2D eigenvalue weighted by atomic mass is 10.1. The molecule has 1 heterocycles. The lowest BCUT2D eigenvalue weighted by molar-refractivity contribution is -0.138. The van der Waals surface area contributed by atoms with Gasteiger partial charge in [-0.1, -0.05) is 24.3 Å². The van der Waals surface area contributed by atoms with Crippen molar-refractivity contribution in [3.63, 3.8) is 0 Å². The third-order valence-corrected chi connectivity index (χ3v) is 3.95. The number of carbonyl (C=O) groups is 1. The monoisotopic (exact) mass is 305 g/mol. The molecule has 3 N–H and O–H groups in total. The number of carboxylic acids is 1. The summed E-state index contributed by atoms with van der Waals surface area (Å²) in [5, 5.41) is 11.8. The summed E-state index contributed by atoms with van der Waals surface area (Å²) in [5.74, 6) is -0.815. The number of hydrogen-bond acceptors (Lipinski definition) is 5. The van der Waals surface area contributed by atoms with Crippen LogP contribution in [0.15, 0.2) is 29.6 Å². The minimum Gasteiger partial charge on any atom is -0.480 e. The summed E-state index contributed by atoms with van der Waals surface area (Å²) in [7, 11) is 1.79. The standard InChI is InChI=1S/C15H19N3O2S/c1-18(9-14(19)20)8-11-2-4-12(5-3-11)15-17-13(6-7-16)10-21-15/h2-5,10H,6-9,16H2,1H3,(H,19,20). The van der Waals surface area contributed by atoms with Gasteiger partial charge >= 0.3 is 5.97 Å². The Hall–Kier alpha value is -1.76. The molecule has 0 saturated carbocycles. The van der Waals surface area contributed by atoms with Crippen molar-refractivity contribution in [2.24, 2.45) is 5.73 Å². The van der Waals surface area contributed by atoms with Gasteiger partial charge in [0, 0.05) is 23.9 Å². The van der Waals surface area contributed by atoms with Gasteiger partial charge in [-0.15, -0.1) is 11.3 Å². The highest BCUT2D eigenvalue weighted by Crippen LogP contribution is 2.24. The van der Waals surface area contributed by atoms with Crippen molar-refractivity contribution in [1.82, 2.24) is 9.88 Å². The maximum atomic E-state index is 10.6. The molecule has 1 aromatic carbocycles. The van der Waals surface area contributed by atoms with E-state index < -0.39 is 5.97 Å². The highest BCUT2D eigenvalue weighted by molar-refractivity contribution is 7.13. The first-order valence-corrected chi connectivity index (χ1v) is 7.60. The topological polar surface area (TPSA) is 79.5 Å². The Kier molecular flexibility index (Phi) is 5.44. The van der Waals surface area contributed by atoms with Gasteiger partial charge in [0.15, 0.2) is 0 Å². The number of thiazole rings is 1. The third kappa shape index (κ3) is 4.63. The molecule has 5 nitrogen and oxygen atoms in total. The first-order valence-electron chi connectivity index (χ1n) is 6.72. The maximum absolute atomic E-state index is 10.6. The van der Waals surface area contributed by atoms with E-state index in [1.807, 2.05) is 29.6 Å². The Morgan fingerprint density at radius 3 is 2.71 bits per heavy atom. The van der Waals surface area contributed by atoms with E-state index in [1.165, 1.54) is 0 Å². The van der Waals surface area contributed by atoms with Gasteiger partial charge in [-0.2, -0.15) is 0 Å². The highest BCUT2D eigenvalue weighted by Gasteiger charge is 2.07. The van der Waals surface area contributed by atoms with Gasteiger partial charge in [0.2, 0.25) is 0 Å². The average Bonchev–Trinajstić information content (AvgIpc) is 2.87. The van der Waals surface area contributed by atoms with Gasteiger partial charge in [-0.3, -0.25) is 9.69 Å². The molecule has 0 saturated heterocycles. The van der Waals surface area contributed by atoms with E-state index in [0.717, 1.165) is 28.2 Å². The molecule has 2 aromatic rings. The van der Waals surface area contributed by atoms with Gasteiger partial charge in [0.1, 0.15) is 5.01 Å². The van der Waals surface area contributed by atoms with E-state index in [2.05, 4.69) is 4.98 Å². The van der Waals surface area contributed by atoms with E-state index in [0.29, 0.717) is 13.1 Å². The predicted molar refractivity (Wildman–Crippen MR) is 84.3 cm³/mol. The lowest BCUT2D eigenvalue weighted by Gasteiger charge is -2.13. The summed E-state index contributed by atoms with van der Waals surface area (Å²) < 4.78 is 0. The van der Waals surface area contributed by atoms with Crippen LogP contribution in [0.2, 0.25) is 0 Å². The summed E-state index contributed by atoms with van der Waals surface area (Å²) in [5.41, 5.74) is 8.72. The molecule has 21 heavy (non-hydrogen) atoms. The molecule has 112 valence electrons. The van der Waals surface area contributed by atoms with Gasteiger partial charge in [-0.05, 0) is 19.2 Å². The predicted octanol–water partition coefficient (Wildman–Crippen LogP) is 1.83. The van der Waals surface area contributed by atoms with Crippen LogP contribution in [0.1, 0.15) is 11.3 Å². The number of benzene rings is 1. The normalized spacial score (nSPS) is 11.0. The number of rotatable bonds is 7. The zero-order valence-electron chi connectivity index (χ0n) is 12.0. The van der Waals surface area contributed by atoms with Gasteiger partial charge in [-0.25, -0.2) is 4.98 Å². The SMILES string of the molecule is CN(CC(=O)O)Cc1ccc(-c2nc(CCN)cs2)cc1. The van der Waals surface area contributed by atoms with Crippen LogP contribution in [0, 0.1) is 0 Å². The van der Waals surface area contributed by atoms with Crippen molar-refractivity contribution in [3.8, 4) is 10.6 Å². The zero-order valence-corrected chi connectivity index (χ0v) is 12.8. The fraction of sp³-hybridized carbons (Fsp3) is 0.333.